The van der Waals surface area contributed by atoms with Gasteiger partial charge in [0.05, 0.1) is 28.2 Å². The third-order valence-corrected chi connectivity index (χ3v) is 6.70. The maximum Gasteiger partial charge on any atom is 0.551 e. The van der Waals surface area contributed by atoms with E-state index in [4.69, 9.17) is 0 Å². The number of nitrogens with zero attached hydrogens (tertiary/aromatic N) is 4. The molecule has 5 aromatic rings. The average molecular weight is 372 g/mol. The normalized spacial score (nSPS) is 17.0. The van der Waals surface area contributed by atoms with Gasteiger partial charge >= 0.3 is 5.91 Å². The molecule has 3 aliphatic rings. The van der Waals surface area contributed by atoms with Gasteiger partial charge in [-0.25, -0.2) is 9.13 Å². The summed E-state index contributed by atoms with van der Waals surface area (Å²) in [5, 5.41) is 2.54. The lowest BCUT2D eigenvalue weighted by molar-refractivity contribution is -0.812. The monoisotopic (exact) mass is 372 g/mol. The molecule has 0 saturated heterocycles. The SMILES string of the molecule is C1=[N+]2c3cccc(c3)[N+]3=Cc4cccc5ccn(c45)C23n2ccc3cccc1c32. The van der Waals surface area contributed by atoms with Crippen molar-refractivity contribution < 1.29 is 9.15 Å². The van der Waals surface area contributed by atoms with Gasteiger partial charge in [-0.15, -0.1) is 0 Å². The first-order valence-corrected chi connectivity index (χ1v) is 9.95. The summed E-state index contributed by atoms with van der Waals surface area (Å²) < 4.78 is 9.69. The van der Waals surface area contributed by atoms with Crippen LogP contribution in [0.25, 0.3) is 21.8 Å². The quantitative estimate of drug-likeness (QED) is 0.354. The van der Waals surface area contributed by atoms with Crippen molar-refractivity contribution in [2.24, 2.45) is 0 Å². The number of para-hydroxylation sites is 2. The molecule has 5 heterocycles. The van der Waals surface area contributed by atoms with Crippen LogP contribution in [0.3, 0.4) is 0 Å². The van der Waals surface area contributed by atoms with Gasteiger partial charge in [0.15, 0.2) is 12.4 Å². The Morgan fingerprint density at radius 3 is 1.66 bits per heavy atom. The van der Waals surface area contributed by atoms with Crippen molar-refractivity contribution in [1.82, 2.24) is 9.13 Å². The Morgan fingerprint density at radius 2 is 1.10 bits per heavy atom. The van der Waals surface area contributed by atoms with Gasteiger partial charge in [-0.3, -0.25) is 0 Å². The van der Waals surface area contributed by atoms with Crippen LogP contribution >= 0.6 is 0 Å². The summed E-state index contributed by atoms with van der Waals surface area (Å²) in [6.07, 6.45) is 9.09. The second-order valence-corrected chi connectivity index (χ2v) is 8.06. The highest BCUT2D eigenvalue weighted by atomic mass is 15.6. The second-order valence-electron chi connectivity index (χ2n) is 8.06. The number of hydrogen-bond acceptors (Lipinski definition) is 0. The van der Waals surface area contributed by atoms with Crippen LogP contribution in [0.5, 0.6) is 0 Å². The molecular formula is C25H16N4+2. The minimum atomic E-state index is -0.549. The molecule has 0 radical (unpaired) electrons. The molecule has 29 heavy (non-hydrogen) atoms. The van der Waals surface area contributed by atoms with Gasteiger partial charge in [-0.05, 0) is 30.3 Å². The molecule has 1 spiro atoms. The van der Waals surface area contributed by atoms with E-state index in [1.165, 1.54) is 44.3 Å². The predicted octanol–water partition coefficient (Wildman–Crippen LogP) is 4.58. The molecular weight excluding hydrogens is 356 g/mol. The highest BCUT2D eigenvalue weighted by Gasteiger charge is 2.64. The second kappa shape index (κ2) is 4.39. The Bertz CT molecular complexity index is 1490. The standard InChI is InChI=1S/C25H16N4/c1-4-17-10-12-26-23(17)19(6-1)15-28-21-8-3-9-22(14-21)29-16-20-7-2-5-18-11-13-27(24(18)20)25(26,28)29/h1-16H/q+2. The fraction of sp³-hybridized carbons (Fsp3) is 0.0400. The fourth-order valence-corrected chi connectivity index (χ4v) is 5.59. The van der Waals surface area contributed by atoms with Crippen molar-refractivity contribution in [3.05, 3.63) is 96.3 Å². The van der Waals surface area contributed by atoms with Crippen LogP contribution in [0.4, 0.5) is 11.4 Å². The molecule has 0 N–H and O–H groups in total. The molecule has 0 amide bonds. The van der Waals surface area contributed by atoms with E-state index >= 15 is 0 Å². The number of aromatic nitrogens is 2. The first-order valence-electron chi connectivity index (χ1n) is 9.95. The Balaban J connectivity index is 1.67. The number of fused-ring (bicyclic) bond motifs is 4. The van der Waals surface area contributed by atoms with Crippen LogP contribution in [0.15, 0.2) is 85.2 Å². The number of rotatable bonds is 0. The van der Waals surface area contributed by atoms with Crippen molar-refractivity contribution in [2.75, 3.05) is 0 Å². The predicted molar refractivity (Wildman–Crippen MR) is 114 cm³/mol. The first kappa shape index (κ1) is 14.1. The van der Waals surface area contributed by atoms with E-state index < -0.39 is 5.91 Å². The Kier molecular flexibility index (Phi) is 2.14. The third-order valence-electron chi connectivity index (χ3n) is 6.70. The molecule has 4 nitrogen and oxygen atoms in total. The molecule has 3 aliphatic heterocycles. The number of hydrogen-bond donors (Lipinski definition) is 0. The minimum absolute atomic E-state index is 0.549. The Hall–Kier alpha value is -3.92. The molecule has 0 fully saturated rings. The smallest absolute Gasteiger partial charge is 0.205 e. The number of benzene rings is 3. The van der Waals surface area contributed by atoms with Crippen LogP contribution in [-0.4, -0.2) is 30.7 Å². The molecule has 0 atom stereocenters. The summed E-state index contributed by atoms with van der Waals surface area (Å²) in [5.74, 6) is -0.549. The lowest BCUT2D eigenvalue weighted by atomic mass is 10.1. The highest BCUT2D eigenvalue weighted by molar-refractivity contribution is 6.00. The van der Waals surface area contributed by atoms with Gasteiger partial charge in [-0.1, -0.05) is 33.4 Å². The molecule has 2 bridgehead atoms. The molecule has 4 heteroatoms. The molecule has 0 unspecified atom stereocenters. The highest BCUT2D eigenvalue weighted by Crippen LogP contribution is 2.46. The van der Waals surface area contributed by atoms with E-state index in [0.29, 0.717) is 0 Å². The van der Waals surface area contributed by atoms with Gasteiger partial charge in [0.2, 0.25) is 11.4 Å². The van der Waals surface area contributed by atoms with Crippen molar-refractivity contribution in [1.29, 1.82) is 0 Å². The summed E-state index contributed by atoms with van der Waals surface area (Å²) in [7, 11) is 0. The van der Waals surface area contributed by atoms with E-state index in [-0.39, 0.29) is 0 Å². The molecule has 3 aromatic carbocycles. The lowest BCUT2D eigenvalue weighted by Crippen LogP contribution is -2.60. The van der Waals surface area contributed by atoms with Crippen LogP contribution in [0.2, 0.25) is 0 Å². The maximum atomic E-state index is 2.43. The zero-order chi connectivity index (χ0) is 18.7. The summed E-state index contributed by atoms with van der Waals surface area (Å²) in [6, 6.07) is 26.4. The van der Waals surface area contributed by atoms with Gasteiger partial charge in [0.25, 0.3) is 0 Å². The van der Waals surface area contributed by atoms with Gasteiger partial charge in [0.1, 0.15) is 0 Å². The van der Waals surface area contributed by atoms with Crippen LogP contribution in [0, 0.1) is 0 Å². The minimum Gasteiger partial charge on any atom is -0.205 e. The fourth-order valence-electron chi connectivity index (χ4n) is 5.59. The van der Waals surface area contributed by atoms with Crippen molar-refractivity contribution in [3.8, 4) is 0 Å². The molecule has 0 saturated carbocycles. The van der Waals surface area contributed by atoms with Gasteiger partial charge in [0, 0.05) is 35.3 Å². The summed E-state index contributed by atoms with van der Waals surface area (Å²) in [5.41, 5.74) is 7.43. The summed E-state index contributed by atoms with van der Waals surface area (Å²) >= 11 is 0. The van der Waals surface area contributed by atoms with Crippen LogP contribution in [0.1, 0.15) is 11.1 Å². The van der Waals surface area contributed by atoms with Crippen LogP contribution in [-0.2, 0) is 5.91 Å². The van der Waals surface area contributed by atoms with E-state index in [0.717, 1.165) is 0 Å². The average Bonchev–Trinajstić information content (AvgIpc) is 3.39. The zero-order valence-corrected chi connectivity index (χ0v) is 15.5. The van der Waals surface area contributed by atoms with Crippen molar-refractivity contribution >= 4 is 45.6 Å². The Morgan fingerprint density at radius 1 is 0.586 bits per heavy atom. The molecule has 134 valence electrons. The van der Waals surface area contributed by atoms with Crippen molar-refractivity contribution in [3.63, 3.8) is 0 Å². The van der Waals surface area contributed by atoms with E-state index in [2.05, 4.69) is 116 Å². The van der Waals surface area contributed by atoms with Gasteiger partial charge < -0.3 is 0 Å². The Labute approximate surface area is 166 Å². The zero-order valence-electron chi connectivity index (χ0n) is 15.5. The largest absolute Gasteiger partial charge is 0.551 e. The summed E-state index contributed by atoms with van der Waals surface area (Å²) in [6.45, 7) is 0. The van der Waals surface area contributed by atoms with Crippen LogP contribution < -0.4 is 0 Å². The molecule has 0 aliphatic carbocycles. The third kappa shape index (κ3) is 1.38. The maximum absolute atomic E-state index is 2.43. The van der Waals surface area contributed by atoms with E-state index in [1.54, 1.807) is 0 Å². The van der Waals surface area contributed by atoms with Crippen molar-refractivity contribution in [2.45, 2.75) is 5.91 Å². The molecule has 8 rings (SSSR count). The summed E-state index contributed by atoms with van der Waals surface area (Å²) in [4.78, 5) is 0. The van der Waals surface area contributed by atoms with E-state index in [9.17, 15) is 0 Å². The van der Waals surface area contributed by atoms with Gasteiger partial charge in [-0.2, -0.15) is 0 Å². The van der Waals surface area contributed by atoms with E-state index in [1.807, 2.05) is 0 Å². The molecule has 2 aromatic heterocycles. The lowest BCUT2D eigenvalue weighted by Gasteiger charge is -2.36. The first-order chi connectivity index (χ1) is 14.4. The topological polar surface area (TPSA) is 15.9 Å².